The third-order valence-corrected chi connectivity index (χ3v) is 5.84. The first-order valence-corrected chi connectivity index (χ1v) is 8.18. The van der Waals surface area contributed by atoms with Crippen molar-refractivity contribution in [1.29, 1.82) is 0 Å². The zero-order valence-electron chi connectivity index (χ0n) is 11.1. The second-order valence-corrected chi connectivity index (χ2v) is 7.39. The largest absolute Gasteiger partial charge is 0.309 e. The van der Waals surface area contributed by atoms with E-state index >= 15 is 0 Å². The molecule has 0 unspecified atom stereocenters. The summed E-state index contributed by atoms with van der Waals surface area (Å²) in [4.78, 5) is 21.9. The molecule has 0 spiro atoms. The minimum atomic E-state index is -3.21. The molecule has 108 valence electrons. The van der Waals surface area contributed by atoms with Gasteiger partial charge in [-0.05, 0) is 6.92 Å². The molecule has 0 aromatic carbocycles. The lowest BCUT2D eigenvalue weighted by Gasteiger charge is -2.20. The lowest BCUT2D eigenvalue weighted by atomic mass is 10.0. The summed E-state index contributed by atoms with van der Waals surface area (Å²) < 4.78 is 25.2. The Hall–Kier alpha value is -1.54. The van der Waals surface area contributed by atoms with Crippen LogP contribution in [-0.4, -0.2) is 54.0 Å². The molecule has 0 radical (unpaired) electrons. The van der Waals surface area contributed by atoms with Crippen LogP contribution in [0.25, 0.3) is 0 Å². The molecule has 2 aliphatic heterocycles. The number of nitrogens with zero attached hydrogens (tertiary/aromatic N) is 4. The molecular weight excluding hydrogens is 280 g/mol. The van der Waals surface area contributed by atoms with Crippen LogP contribution < -0.4 is 4.90 Å². The monoisotopic (exact) mass is 296 g/mol. The van der Waals surface area contributed by atoms with Gasteiger partial charge in [-0.1, -0.05) is 0 Å². The van der Waals surface area contributed by atoms with E-state index in [1.807, 2.05) is 0 Å². The number of fused-ring (bicyclic) bond motifs is 1. The minimum absolute atomic E-state index is 0.0291. The van der Waals surface area contributed by atoms with Gasteiger partial charge in [0, 0.05) is 25.6 Å². The molecule has 2 saturated heterocycles. The van der Waals surface area contributed by atoms with E-state index in [4.69, 9.17) is 0 Å². The van der Waals surface area contributed by atoms with Gasteiger partial charge >= 0.3 is 0 Å². The smallest absolute Gasteiger partial charge is 0.231 e. The molecule has 8 heteroatoms. The highest BCUT2D eigenvalue weighted by atomic mass is 32.2. The third-order valence-electron chi connectivity index (χ3n) is 4.02. The third kappa shape index (κ3) is 2.08. The number of carbonyl (C=O) groups excluding carboxylic acids is 1. The quantitative estimate of drug-likeness (QED) is 0.766. The Labute approximate surface area is 117 Å². The second-order valence-electron chi connectivity index (χ2n) is 5.13. The molecule has 3 heterocycles. The summed E-state index contributed by atoms with van der Waals surface area (Å²) in [7, 11) is -3.21. The molecule has 1 aromatic heterocycles. The molecule has 0 N–H and O–H groups in total. The van der Waals surface area contributed by atoms with Crippen LogP contribution in [-0.2, 0) is 14.8 Å². The Bertz CT molecular complexity index is 619. The van der Waals surface area contributed by atoms with E-state index in [9.17, 15) is 13.2 Å². The van der Waals surface area contributed by atoms with Gasteiger partial charge in [0.1, 0.15) is 6.33 Å². The van der Waals surface area contributed by atoms with Crippen LogP contribution in [0.1, 0.15) is 6.92 Å². The Morgan fingerprint density at radius 1 is 1.25 bits per heavy atom. The van der Waals surface area contributed by atoms with Gasteiger partial charge in [-0.25, -0.2) is 22.7 Å². The van der Waals surface area contributed by atoms with Gasteiger partial charge in [-0.15, -0.1) is 0 Å². The first kappa shape index (κ1) is 13.4. The van der Waals surface area contributed by atoms with Crippen molar-refractivity contribution in [1.82, 2.24) is 14.3 Å². The normalized spacial score (nSPS) is 27.1. The van der Waals surface area contributed by atoms with E-state index in [1.54, 1.807) is 24.2 Å². The first-order valence-electron chi connectivity index (χ1n) is 6.57. The average Bonchev–Trinajstić information content (AvgIpc) is 3.00. The SMILES string of the molecule is CCS(=O)(=O)N1C[C@@H]2CN(c3cncnc3)C(=O)[C@@H]2C1. The topological polar surface area (TPSA) is 83.5 Å². The van der Waals surface area contributed by atoms with Crippen LogP contribution >= 0.6 is 0 Å². The van der Waals surface area contributed by atoms with Crippen molar-refractivity contribution in [3.05, 3.63) is 18.7 Å². The maximum absolute atomic E-state index is 12.4. The van der Waals surface area contributed by atoms with E-state index in [2.05, 4.69) is 9.97 Å². The summed E-state index contributed by atoms with van der Waals surface area (Å²) in [5.41, 5.74) is 0.678. The van der Waals surface area contributed by atoms with Crippen LogP contribution in [0.3, 0.4) is 0 Å². The number of sulfonamides is 1. The summed E-state index contributed by atoms with van der Waals surface area (Å²) in [6.45, 7) is 2.88. The van der Waals surface area contributed by atoms with Gasteiger partial charge in [-0.3, -0.25) is 4.79 Å². The molecule has 20 heavy (non-hydrogen) atoms. The molecule has 0 bridgehead atoms. The predicted molar refractivity (Wildman–Crippen MR) is 72.4 cm³/mol. The van der Waals surface area contributed by atoms with Crippen molar-refractivity contribution in [3.8, 4) is 0 Å². The highest BCUT2D eigenvalue weighted by molar-refractivity contribution is 7.89. The molecule has 2 atom stereocenters. The van der Waals surface area contributed by atoms with E-state index in [-0.39, 0.29) is 23.5 Å². The van der Waals surface area contributed by atoms with Crippen LogP contribution in [0.4, 0.5) is 5.69 Å². The standard InChI is InChI=1S/C12H16N4O3S/c1-2-20(18,19)15-5-9-6-16(12(17)11(9)7-15)10-3-13-8-14-4-10/h3-4,8-9,11H,2,5-7H2,1H3/t9-,11-/m1/s1. The number of aromatic nitrogens is 2. The Morgan fingerprint density at radius 3 is 2.55 bits per heavy atom. The number of hydrogen-bond donors (Lipinski definition) is 0. The minimum Gasteiger partial charge on any atom is -0.309 e. The maximum Gasteiger partial charge on any atom is 0.231 e. The average molecular weight is 296 g/mol. The highest BCUT2D eigenvalue weighted by Gasteiger charge is 2.49. The Balaban J connectivity index is 1.78. The lowest BCUT2D eigenvalue weighted by Crippen LogP contribution is -2.36. The first-order chi connectivity index (χ1) is 9.53. The number of anilines is 1. The number of amides is 1. The van der Waals surface area contributed by atoms with E-state index in [0.717, 1.165) is 0 Å². The summed E-state index contributed by atoms with van der Waals surface area (Å²) in [6, 6.07) is 0. The maximum atomic E-state index is 12.4. The second kappa shape index (κ2) is 4.78. The fourth-order valence-corrected chi connectivity index (χ4v) is 4.07. The lowest BCUT2D eigenvalue weighted by molar-refractivity contribution is -0.120. The van der Waals surface area contributed by atoms with Gasteiger partial charge in [0.2, 0.25) is 15.9 Å². The van der Waals surface area contributed by atoms with E-state index in [1.165, 1.54) is 10.6 Å². The Kier molecular flexibility index (Phi) is 3.21. The van der Waals surface area contributed by atoms with Crippen LogP contribution in [0.5, 0.6) is 0 Å². The van der Waals surface area contributed by atoms with Gasteiger partial charge in [0.25, 0.3) is 0 Å². The molecule has 7 nitrogen and oxygen atoms in total. The van der Waals surface area contributed by atoms with E-state index in [0.29, 0.717) is 25.3 Å². The van der Waals surface area contributed by atoms with Crippen molar-refractivity contribution < 1.29 is 13.2 Å². The zero-order chi connectivity index (χ0) is 14.3. The van der Waals surface area contributed by atoms with Gasteiger partial charge in [-0.2, -0.15) is 0 Å². The molecule has 2 fully saturated rings. The summed E-state index contributed by atoms with van der Waals surface area (Å²) in [6.07, 6.45) is 4.62. The van der Waals surface area contributed by atoms with Gasteiger partial charge in [0.15, 0.2) is 0 Å². The molecule has 3 rings (SSSR count). The molecule has 0 saturated carbocycles. The predicted octanol–water partition coefficient (Wildman–Crippen LogP) is -0.279. The van der Waals surface area contributed by atoms with Gasteiger partial charge in [0.05, 0.1) is 29.8 Å². The number of rotatable bonds is 3. The van der Waals surface area contributed by atoms with Crippen molar-refractivity contribution in [2.75, 3.05) is 30.3 Å². The van der Waals surface area contributed by atoms with Crippen molar-refractivity contribution in [2.45, 2.75) is 6.92 Å². The number of carbonyl (C=O) groups is 1. The van der Waals surface area contributed by atoms with Crippen LogP contribution in [0.2, 0.25) is 0 Å². The molecular formula is C12H16N4O3S. The fourth-order valence-electron chi connectivity index (χ4n) is 2.89. The van der Waals surface area contributed by atoms with Gasteiger partial charge < -0.3 is 4.90 Å². The number of hydrogen-bond acceptors (Lipinski definition) is 5. The summed E-state index contributed by atoms with van der Waals surface area (Å²) in [5, 5.41) is 0. The molecule has 1 amide bonds. The van der Waals surface area contributed by atoms with Crippen LogP contribution in [0, 0.1) is 11.8 Å². The van der Waals surface area contributed by atoms with Crippen LogP contribution in [0.15, 0.2) is 18.7 Å². The van der Waals surface area contributed by atoms with Crippen molar-refractivity contribution in [2.24, 2.45) is 11.8 Å². The summed E-state index contributed by atoms with van der Waals surface area (Å²) in [5.74, 6) is -0.129. The molecule has 2 aliphatic rings. The fraction of sp³-hybridized carbons (Fsp3) is 0.583. The molecule has 0 aliphatic carbocycles. The Morgan fingerprint density at radius 2 is 1.95 bits per heavy atom. The zero-order valence-corrected chi connectivity index (χ0v) is 12.0. The van der Waals surface area contributed by atoms with E-state index < -0.39 is 10.0 Å². The highest BCUT2D eigenvalue weighted by Crippen LogP contribution is 2.35. The summed E-state index contributed by atoms with van der Waals surface area (Å²) >= 11 is 0. The molecule has 1 aromatic rings. The van der Waals surface area contributed by atoms with Crippen molar-refractivity contribution in [3.63, 3.8) is 0 Å². The van der Waals surface area contributed by atoms with Crippen molar-refractivity contribution >= 4 is 21.6 Å².